The van der Waals surface area contributed by atoms with Gasteiger partial charge in [0, 0.05) is 5.56 Å². The van der Waals surface area contributed by atoms with Crippen molar-refractivity contribution in [2.75, 3.05) is 7.11 Å². The molecule has 0 aliphatic heterocycles. The van der Waals surface area contributed by atoms with Crippen LogP contribution in [0.5, 0.6) is 5.75 Å². The average molecular weight is 244 g/mol. The van der Waals surface area contributed by atoms with Gasteiger partial charge in [0.15, 0.2) is 0 Å². The maximum atomic E-state index is 12.7. The summed E-state index contributed by atoms with van der Waals surface area (Å²) in [4.78, 5) is 10.9. The van der Waals surface area contributed by atoms with Crippen LogP contribution in [0.25, 0.3) is 0 Å². The van der Waals surface area contributed by atoms with Crippen molar-refractivity contribution in [1.29, 1.82) is 5.26 Å². The molecule has 1 aromatic carbocycles. The van der Waals surface area contributed by atoms with E-state index in [-0.39, 0.29) is 5.56 Å². The summed E-state index contributed by atoms with van der Waals surface area (Å²) in [6.45, 7) is 0. The van der Waals surface area contributed by atoms with Crippen LogP contribution in [0.15, 0.2) is 12.1 Å². The van der Waals surface area contributed by atoms with Gasteiger partial charge >= 0.3 is 6.18 Å². The SMILES string of the molecule is COc1cc(C(N)=O)cc(C#N)c1C(F)(F)F. The lowest BCUT2D eigenvalue weighted by molar-refractivity contribution is -0.139. The molecule has 90 valence electrons. The summed E-state index contributed by atoms with van der Waals surface area (Å²) in [5, 5.41) is 8.65. The number of halogens is 3. The van der Waals surface area contributed by atoms with E-state index in [0.29, 0.717) is 0 Å². The Bertz CT molecular complexity index is 503. The van der Waals surface area contributed by atoms with E-state index in [2.05, 4.69) is 4.74 Å². The van der Waals surface area contributed by atoms with Gasteiger partial charge in [-0.15, -0.1) is 0 Å². The highest BCUT2D eigenvalue weighted by Crippen LogP contribution is 2.39. The molecule has 1 aromatic rings. The Labute approximate surface area is 94.4 Å². The molecule has 2 N–H and O–H groups in total. The summed E-state index contributed by atoms with van der Waals surface area (Å²) >= 11 is 0. The topological polar surface area (TPSA) is 76.1 Å². The first-order chi connectivity index (χ1) is 7.81. The van der Waals surface area contributed by atoms with Crippen molar-refractivity contribution in [1.82, 2.24) is 0 Å². The van der Waals surface area contributed by atoms with E-state index in [1.54, 1.807) is 0 Å². The summed E-state index contributed by atoms with van der Waals surface area (Å²) in [7, 11) is 1.01. The summed E-state index contributed by atoms with van der Waals surface area (Å²) in [6.07, 6.45) is -4.74. The van der Waals surface area contributed by atoms with E-state index in [1.165, 1.54) is 6.07 Å². The van der Waals surface area contributed by atoms with Crippen LogP contribution in [0.1, 0.15) is 21.5 Å². The number of amides is 1. The summed E-state index contributed by atoms with van der Waals surface area (Å²) in [5.41, 5.74) is 2.80. The molecule has 0 spiro atoms. The van der Waals surface area contributed by atoms with Gasteiger partial charge < -0.3 is 10.5 Å². The monoisotopic (exact) mass is 244 g/mol. The largest absolute Gasteiger partial charge is 0.496 e. The van der Waals surface area contributed by atoms with Gasteiger partial charge in [0.25, 0.3) is 0 Å². The second-order valence-corrected chi connectivity index (χ2v) is 3.07. The lowest BCUT2D eigenvalue weighted by Gasteiger charge is -2.14. The Morgan fingerprint density at radius 1 is 1.47 bits per heavy atom. The Morgan fingerprint density at radius 2 is 2.06 bits per heavy atom. The minimum absolute atomic E-state index is 0.216. The molecule has 0 aromatic heterocycles. The Kier molecular flexibility index (Phi) is 3.27. The molecule has 0 aliphatic rings. The predicted octanol–water partition coefficient (Wildman–Crippen LogP) is 1.68. The van der Waals surface area contributed by atoms with Gasteiger partial charge in [0.05, 0.1) is 18.7 Å². The number of hydrogen-bond acceptors (Lipinski definition) is 3. The quantitative estimate of drug-likeness (QED) is 0.859. The smallest absolute Gasteiger partial charge is 0.421 e. The number of ether oxygens (including phenoxy) is 1. The van der Waals surface area contributed by atoms with Crippen molar-refractivity contribution in [3.05, 3.63) is 28.8 Å². The van der Waals surface area contributed by atoms with Gasteiger partial charge in [0.2, 0.25) is 5.91 Å². The standard InChI is InChI=1S/C10H7F3N2O2/c1-17-7-3-5(9(15)16)2-6(4-14)8(7)10(11,12)13/h2-3H,1H3,(H2,15,16). The normalized spacial score (nSPS) is 10.8. The van der Waals surface area contributed by atoms with Crippen LogP contribution < -0.4 is 10.5 Å². The lowest BCUT2D eigenvalue weighted by Crippen LogP contribution is -2.15. The minimum Gasteiger partial charge on any atom is -0.496 e. The molecule has 0 aliphatic carbocycles. The van der Waals surface area contributed by atoms with Crippen molar-refractivity contribution in [2.24, 2.45) is 5.73 Å². The second-order valence-electron chi connectivity index (χ2n) is 3.07. The third-order valence-electron chi connectivity index (χ3n) is 2.01. The highest BCUT2D eigenvalue weighted by Gasteiger charge is 2.38. The first kappa shape index (κ1) is 12.8. The molecule has 0 saturated carbocycles. The highest BCUT2D eigenvalue weighted by atomic mass is 19.4. The maximum absolute atomic E-state index is 12.7. The zero-order valence-electron chi connectivity index (χ0n) is 8.63. The fourth-order valence-corrected chi connectivity index (χ4v) is 1.30. The Hall–Kier alpha value is -2.23. The highest BCUT2D eigenvalue weighted by molar-refractivity contribution is 5.94. The molecule has 0 bridgehead atoms. The first-order valence-electron chi connectivity index (χ1n) is 4.30. The number of rotatable bonds is 2. The fraction of sp³-hybridized carbons (Fsp3) is 0.200. The first-order valence-corrected chi connectivity index (χ1v) is 4.30. The van der Waals surface area contributed by atoms with Crippen LogP contribution in [0.4, 0.5) is 13.2 Å². The summed E-state index contributed by atoms with van der Waals surface area (Å²) in [6, 6.07) is 3.00. The molecule has 0 fully saturated rings. The fourth-order valence-electron chi connectivity index (χ4n) is 1.30. The van der Waals surface area contributed by atoms with Crippen LogP contribution >= 0.6 is 0 Å². The number of hydrogen-bond donors (Lipinski definition) is 1. The summed E-state index contributed by atoms with van der Waals surface area (Å²) < 4.78 is 42.5. The van der Waals surface area contributed by atoms with Crippen LogP contribution in [-0.2, 0) is 6.18 Å². The number of nitrogens with zero attached hydrogens (tertiary/aromatic N) is 1. The number of alkyl halides is 3. The number of primary amides is 1. The molecule has 0 radical (unpaired) electrons. The van der Waals surface area contributed by atoms with E-state index in [0.717, 1.165) is 19.2 Å². The van der Waals surface area contributed by atoms with Crippen molar-refractivity contribution in [3.8, 4) is 11.8 Å². The molecular formula is C10H7F3N2O2. The van der Waals surface area contributed by atoms with Crippen LogP contribution in [-0.4, -0.2) is 13.0 Å². The van der Waals surface area contributed by atoms with Gasteiger partial charge in [-0.1, -0.05) is 0 Å². The molecule has 1 amide bonds. The van der Waals surface area contributed by atoms with E-state index in [1.807, 2.05) is 0 Å². The van der Waals surface area contributed by atoms with Crippen molar-refractivity contribution in [3.63, 3.8) is 0 Å². The predicted molar refractivity (Wildman–Crippen MR) is 51.2 cm³/mol. The molecule has 0 unspecified atom stereocenters. The number of carbonyl (C=O) groups is 1. The van der Waals surface area contributed by atoms with Gasteiger partial charge in [-0.2, -0.15) is 18.4 Å². The van der Waals surface area contributed by atoms with Gasteiger partial charge in [0.1, 0.15) is 11.3 Å². The molecule has 4 nitrogen and oxygen atoms in total. The third-order valence-corrected chi connectivity index (χ3v) is 2.01. The molecule has 7 heteroatoms. The molecule has 0 heterocycles. The van der Waals surface area contributed by atoms with Crippen LogP contribution in [0.3, 0.4) is 0 Å². The second kappa shape index (κ2) is 4.33. The molecule has 1 rings (SSSR count). The van der Waals surface area contributed by atoms with E-state index < -0.39 is 29.0 Å². The van der Waals surface area contributed by atoms with Gasteiger partial charge in [-0.25, -0.2) is 0 Å². The molecular weight excluding hydrogens is 237 g/mol. The van der Waals surface area contributed by atoms with E-state index in [4.69, 9.17) is 11.0 Å². The van der Waals surface area contributed by atoms with E-state index in [9.17, 15) is 18.0 Å². The number of carbonyl (C=O) groups excluding carboxylic acids is 1. The van der Waals surface area contributed by atoms with Gasteiger partial charge in [-0.3, -0.25) is 4.79 Å². The van der Waals surface area contributed by atoms with Crippen molar-refractivity contribution in [2.45, 2.75) is 6.18 Å². The molecule has 0 atom stereocenters. The number of methoxy groups -OCH3 is 1. The Balaban J connectivity index is 3.61. The number of nitrogens with two attached hydrogens (primary N) is 1. The van der Waals surface area contributed by atoms with Crippen LogP contribution in [0.2, 0.25) is 0 Å². The summed E-state index contributed by atoms with van der Waals surface area (Å²) in [5.74, 6) is -1.54. The van der Waals surface area contributed by atoms with E-state index >= 15 is 0 Å². The van der Waals surface area contributed by atoms with Crippen molar-refractivity contribution >= 4 is 5.91 Å². The number of nitriles is 1. The molecule has 0 saturated heterocycles. The lowest BCUT2D eigenvalue weighted by atomic mass is 10.0. The zero-order valence-corrected chi connectivity index (χ0v) is 8.63. The zero-order chi connectivity index (χ0) is 13.2. The Morgan fingerprint density at radius 3 is 2.41 bits per heavy atom. The van der Waals surface area contributed by atoms with Crippen molar-refractivity contribution < 1.29 is 22.7 Å². The third kappa shape index (κ3) is 2.47. The minimum atomic E-state index is -4.74. The maximum Gasteiger partial charge on any atom is 0.421 e. The average Bonchev–Trinajstić information content (AvgIpc) is 2.25. The van der Waals surface area contributed by atoms with Gasteiger partial charge in [-0.05, 0) is 12.1 Å². The molecule has 17 heavy (non-hydrogen) atoms. The number of benzene rings is 1. The van der Waals surface area contributed by atoms with Crippen LogP contribution in [0, 0.1) is 11.3 Å².